The van der Waals surface area contributed by atoms with Gasteiger partial charge >= 0.3 is 0 Å². The maximum absolute atomic E-state index is 13.0. The highest BCUT2D eigenvalue weighted by atomic mass is 79.9. The Morgan fingerprint density at radius 1 is 1.24 bits per heavy atom. The number of nitrogens with zero attached hydrogens (tertiary/aromatic N) is 4. The molecule has 0 bridgehead atoms. The molecule has 0 saturated heterocycles. The number of amides is 1. The first-order valence-electron chi connectivity index (χ1n) is 8.18. The summed E-state index contributed by atoms with van der Waals surface area (Å²) in [6, 6.07) is 7.98. The normalized spacial score (nSPS) is 11.3. The molecule has 6 heteroatoms. The molecule has 0 fully saturated rings. The van der Waals surface area contributed by atoms with Gasteiger partial charge in [0.2, 0.25) is 0 Å². The molecule has 5 nitrogen and oxygen atoms in total. The monoisotopic (exact) mass is 400 g/mol. The van der Waals surface area contributed by atoms with Crippen LogP contribution in [0.25, 0.3) is 11.0 Å². The second-order valence-corrected chi connectivity index (χ2v) is 7.43. The number of aryl methyl sites for hydroxylation is 2. The SMILES string of the molecule is Cc1cc(Br)ccc1N(C)C(=O)c1cc2cnn(C(C)C)c2nc1C. The number of anilines is 1. The minimum absolute atomic E-state index is 0.0744. The lowest BCUT2D eigenvalue weighted by molar-refractivity contribution is 0.0992. The summed E-state index contributed by atoms with van der Waals surface area (Å²) < 4.78 is 2.87. The van der Waals surface area contributed by atoms with E-state index in [1.807, 2.05) is 42.8 Å². The number of carbonyl (C=O) groups excluding carboxylic acids is 1. The highest BCUT2D eigenvalue weighted by molar-refractivity contribution is 9.10. The minimum atomic E-state index is -0.0744. The van der Waals surface area contributed by atoms with Crippen molar-refractivity contribution in [3.63, 3.8) is 0 Å². The van der Waals surface area contributed by atoms with E-state index >= 15 is 0 Å². The first-order chi connectivity index (χ1) is 11.8. The van der Waals surface area contributed by atoms with E-state index < -0.39 is 0 Å². The number of hydrogen-bond donors (Lipinski definition) is 0. The van der Waals surface area contributed by atoms with Gasteiger partial charge in [0.25, 0.3) is 5.91 Å². The van der Waals surface area contributed by atoms with Crippen LogP contribution < -0.4 is 4.90 Å². The van der Waals surface area contributed by atoms with Crippen molar-refractivity contribution in [2.75, 3.05) is 11.9 Å². The van der Waals surface area contributed by atoms with E-state index in [2.05, 4.69) is 39.9 Å². The van der Waals surface area contributed by atoms with Gasteiger partial charge in [-0.1, -0.05) is 15.9 Å². The Labute approximate surface area is 155 Å². The topological polar surface area (TPSA) is 51.0 Å². The number of benzene rings is 1. The van der Waals surface area contributed by atoms with Crippen LogP contribution in [0, 0.1) is 13.8 Å². The molecule has 25 heavy (non-hydrogen) atoms. The van der Waals surface area contributed by atoms with Crippen molar-refractivity contribution >= 4 is 38.6 Å². The van der Waals surface area contributed by atoms with Crippen LogP contribution >= 0.6 is 15.9 Å². The van der Waals surface area contributed by atoms with Crippen LogP contribution in [0.1, 0.15) is 41.5 Å². The molecule has 2 heterocycles. The summed E-state index contributed by atoms with van der Waals surface area (Å²) >= 11 is 3.46. The molecule has 0 spiro atoms. The van der Waals surface area contributed by atoms with Crippen LogP contribution in [0.2, 0.25) is 0 Å². The lowest BCUT2D eigenvalue weighted by Crippen LogP contribution is -2.28. The molecule has 1 aromatic carbocycles. The van der Waals surface area contributed by atoms with Crippen molar-refractivity contribution in [3.8, 4) is 0 Å². The van der Waals surface area contributed by atoms with Crippen LogP contribution in [-0.4, -0.2) is 27.7 Å². The summed E-state index contributed by atoms with van der Waals surface area (Å²) in [5, 5.41) is 5.27. The fraction of sp³-hybridized carbons (Fsp3) is 0.316. The number of rotatable bonds is 3. The smallest absolute Gasteiger partial charge is 0.259 e. The van der Waals surface area contributed by atoms with Crippen LogP contribution in [0.4, 0.5) is 5.69 Å². The molecule has 130 valence electrons. The van der Waals surface area contributed by atoms with Crippen LogP contribution in [0.5, 0.6) is 0 Å². The van der Waals surface area contributed by atoms with E-state index in [4.69, 9.17) is 0 Å². The van der Waals surface area contributed by atoms with Crippen LogP contribution in [0.3, 0.4) is 0 Å². The van der Waals surface area contributed by atoms with Crippen molar-refractivity contribution < 1.29 is 4.79 Å². The molecule has 0 N–H and O–H groups in total. The Morgan fingerprint density at radius 2 is 1.96 bits per heavy atom. The largest absolute Gasteiger partial charge is 0.311 e. The van der Waals surface area contributed by atoms with E-state index in [0.717, 1.165) is 26.8 Å². The van der Waals surface area contributed by atoms with Gasteiger partial charge in [-0.2, -0.15) is 5.10 Å². The molecule has 2 aromatic heterocycles. The average Bonchev–Trinajstić information content (AvgIpc) is 2.95. The number of aromatic nitrogens is 3. The molecule has 3 aromatic rings. The Bertz CT molecular complexity index is 961. The predicted octanol–water partition coefficient (Wildman–Crippen LogP) is 4.67. The number of hydrogen-bond acceptors (Lipinski definition) is 3. The molecule has 0 radical (unpaired) electrons. The van der Waals surface area contributed by atoms with E-state index in [9.17, 15) is 4.79 Å². The second kappa shape index (κ2) is 6.59. The first-order valence-corrected chi connectivity index (χ1v) is 8.98. The standard InChI is InChI=1S/C19H21BrN4O/c1-11(2)24-18-14(10-21-24)9-16(13(4)22-18)19(25)23(5)17-7-6-15(20)8-12(17)3/h6-11H,1-5H3. The van der Waals surface area contributed by atoms with E-state index in [1.165, 1.54) is 0 Å². The zero-order valence-corrected chi connectivity index (χ0v) is 16.6. The van der Waals surface area contributed by atoms with Gasteiger partial charge in [-0.3, -0.25) is 4.79 Å². The second-order valence-electron chi connectivity index (χ2n) is 6.51. The molecule has 0 aliphatic rings. The highest BCUT2D eigenvalue weighted by Crippen LogP contribution is 2.26. The molecule has 0 unspecified atom stereocenters. The van der Waals surface area contributed by atoms with Gasteiger partial charge in [-0.15, -0.1) is 0 Å². The predicted molar refractivity (Wildman–Crippen MR) is 104 cm³/mol. The summed E-state index contributed by atoms with van der Waals surface area (Å²) in [4.78, 5) is 19.3. The average molecular weight is 401 g/mol. The maximum Gasteiger partial charge on any atom is 0.259 e. The van der Waals surface area contributed by atoms with Crippen molar-refractivity contribution in [1.29, 1.82) is 0 Å². The van der Waals surface area contributed by atoms with Gasteiger partial charge in [-0.05, 0) is 57.5 Å². The Balaban J connectivity index is 2.03. The minimum Gasteiger partial charge on any atom is -0.311 e. The summed E-state index contributed by atoms with van der Waals surface area (Å²) in [6.45, 7) is 7.98. The molecular formula is C19H21BrN4O. The van der Waals surface area contributed by atoms with Crippen LogP contribution in [0.15, 0.2) is 34.9 Å². The molecular weight excluding hydrogens is 380 g/mol. The quantitative estimate of drug-likeness (QED) is 0.641. The molecule has 3 rings (SSSR count). The summed E-state index contributed by atoms with van der Waals surface area (Å²) in [6.07, 6.45) is 1.77. The van der Waals surface area contributed by atoms with Gasteiger partial charge in [0, 0.05) is 28.6 Å². The van der Waals surface area contributed by atoms with Crippen molar-refractivity contribution in [2.45, 2.75) is 33.7 Å². The zero-order chi connectivity index (χ0) is 18.3. The van der Waals surface area contributed by atoms with E-state index in [1.54, 1.807) is 18.1 Å². The number of pyridine rings is 1. The molecule has 0 atom stereocenters. The third-order valence-corrected chi connectivity index (χ3v) is 4.80. The maximum atomic E-state index is 13.0. The molecule has 0 aliphatic carbocycles. The summed E-state index contributed by atoms with van der Waals surface area (Å²) in [5.74, 6) is -0.0744. The number of carbonyl (C=O) groups is 1. The first kappa shape index (κ1) is 17.6. The van der Waals surface area contributed by atoms with Crippen molar-refractivity contribution in [1.82, 2.24) is 14.8 Å². The highest BCUT2D eigenvalue weighted by Gasteiger charge is 2.20. The van der Waals surface area contributed by atoms with Crippen LogP contribution in [-0.2, 0) is 0 Å². The third-order valence-electron chi connectivity index (χ3n) is 4.30. The van der Waals surface area contributed by atoms with Gasteiger partial charge in [0.15, 0.2) is 5.65 Å². The lowest BCUT2D eigenvalue weighted by atomic mass is 10.1. The van der Waals surface area contributed by atoms with Gasteiger partial charge in [0.05, 0.1) is 17.5 Å². The van der Waals surface area contributed by atoms with Gasteiger partial charge in [-0.25, -0.2) is 9.67 Å². The fourth-order valence-corrected chi connectivity index (χ4v) is 3.42. The van der Waals surface area contributed by atoms with Crippen molar-refractivity contribution in [2.24, 2.45) is 0 Å². The van der Waals surface area contributed by atoms with E-state index in [0.29, 0.717) is 11.3 Å². The zero-order valence-electron chi connectivity index (χ0n) is 15.0. The summed E-state index contributed by atoms with van der Waals surface area (Å²) in [7, 11) is 1.79. The fourth-order valence-electron chi connectivity index (χ4n) is 2.95. The number of fused-ring (bicyclic) bond motifs is 1. The third kappa shape index (κ3) is 3.18. The van der Waals surface area contributed by atoms with Gasteiger partial charge < -0.3 is 4.90 Å². The molecule has 0 aliphatic heterocycles. The number of halogens is 1. The molecule has 1 amide bonds. The summed E-state index contributed by atoms with van der Waals surface area (Å²) in [5.41, 5.74) is 4.03. The van der Waals surface area contributed by atoms with Crippen molar-refractivity contribution in [3.05, 3.63) is 51.8 Å². The van der Waals surface area contributed by atoms with Gasteiger partial charge in [0.1, 0.15) is 0 Å². The van der Waals surface area contributed by atoms with E-state index in [-0.39, 0.29) is 11.9 Å². The Kier molecular flexibility index (Phi) is 4.64. The molecule has 0 saturated carbocycles. The Morgan fingerprint density at radius 3 is 2.60 bits per heavy atom. The Hall–Kier alpha value is -2.21. The lowest BCUT2D eigenvalue weighted by Gasteiger charge is -2.20.